The Hall–Kier alpha value is -1.80. The molecule has 0 saturated heterocycles. The Kier molecular flexibility index (Phi) is 2.39. The first-order valence-electron chi connectivity index (χ1n) is 7.02. The first-order chi connectivity index (χ1) is 9.33. The third-order valence-electron chi connectivity index (χ3n) is 4.58. The van der Waals surface area contributed by atoms with E-state index in [4.69, 9.17) is 5.73 Å². The quantitative estimate of drug-likeness (QED) is 0.706. The second kappa shape index (κ2) is 4.10. The molecule has 0 amide bonds. The van der Waals surface area contributed by atoms with Crippen molar-refractivity contribution in [3.8, 4) is 0 Å². The van der Waals surface area contributed by atoms with Crippen LogP contribution < -0.4 is 11.1 Å². The molecule has 4 rings (SSSR count). The van der Waals surface area contributed by atoms with Crippen molar-refractivity contribution in [3.05, 3.63) is 64.7 Å². The summed E-state index contributed by atoms with van der Waals surface area (Å²) in [5.74, 6) is 0.470. The molecule has 0 unspecified atom stereocenters. The van der Waals surface area contributed by atoms with E-state index in [1.165, 1.54) is 28.7 Å². The monoisotopic (exact) mass is 250 g/mol. The lowest BCUT2D eigenvalue weighted by Gasteiger charge is -2.39. The molecular weight excluding hydrogens is 232 g/mol. The third kappa shape index (κ3) is 1.67. The highest BCUT2D eigenvalue weighted by Crippen LogP contribution is 2.41. The zero-order chi connectivity index (χ0) is 12.8. The first-order valence-corrected chi connectivity index (χ1v) is 7.02. The molecule has 0 bridgehead atoms. The molecule has 1 heterocycles. The normalized spacial score (nSPS) is 24.2. The minimum atomic E-state index is 0.470. The van der Waals surface area contributed by atoms with Crippen LogP contribution in [0.4, 0.5) is 5.69 Å². The van der Waals surface area contributed by atoms with E-state index >= 15 is 0 Å². The van der Waals surface area contributed by atoms with Crippen LogP contribution in [0.2, 0.25) is 0 Å². The van der Waals surface area contributed by atoms with Gasteiger partial charge < -0.3 is 11.1 Å². The molecule has 2 atom stereocenters. The van der Waals surface area contributed by atoms with Crippen LogP contribution in [0.25, 0.3) is 0 Å². The molecule has 0 radical (unpaired) electrons. The Balaban J connectivity index is 1.92. The van der Waals surface area contributed by atoms with Gasteiger partial charge in [0.2, 0.25) is 0 Å². The number of fused-ring (bicyclic) bond motifs is 5. The Morgan fingerprint density at radius 3 is 2.84 bits per heavy atom. The SMILES string of the molecule is Nc1ccc2c(c1)[C@H]1c3ccccc3CN[C@@H]1CC2. The van der Waals surface area contributed by atoms with Gasteiger partial charge in [-0.1, -0.05) is 30.3 Å². The van der Waals surface area contributed by atoms with E-state index in [2.05, 4.69) is 41.7 Å². The van der Waals surface area contributed by atoms with E-state index in [1.807, 2.05) is 6.07 Å². The van der Waals surface area contributed by atoms with E-state index in [0.29, 0.717) is 12.0 Å². The number of hydrogen-bond donors (Lipinski definition) is 2. The Bertz CT molecular complexity index is 633. The molecule has 0 spiro atoms. The van der Waals surface area contributed by atoms with Crippen molar-refractivity contribution in [2.45, 2.75) is 31.3 Å². The Morgan fingerprint density at radius 2 is 1.89 bits per heavy atom. The van der Waals surface area contributed by atoms with E-state index in [9.17, 15) is 0 Å². The summed E-state index contributed by atoms with van der Waals surface area (Å²) in [6.07, 6.45) is 2.38. The lowest BCUT2D eigenvalue weighted by Crippen LogP contribution is -2.42. The lowest BCUT2D eigenvalue weighted by molar-refractivity contribution is 0.394. The summed E-state index contributed by atoms with van der Waals surface area (Å²) in [6, 6.07) is 15.8. The molecule has 2 aliphatic rings. The van der Waals surface area contributed by atoms with Crippen molar-refractivity contribution in [3.63, 3.8) is 0 Å². The highest BCUT2D eigenvalue weighted by molar-refractivity contribution is 5.52. The van der Waals surface area contributed by atoms with E-state index in [0.717, 1.165) is 18.7 Å². The molecule has 0 aromatic heterocycles. The van der Waals surface area contributed by atoms with Gasteiger partial charge in [-0.2, -0.15) is 0 Å². The first kappa shape index (κ1) is 11.1. The molecule has 3 N–H and O–H groups in total. The van der Waals surface area contributed by atoms with Gasteiger partial charge in [-0.3, -0.25) is 0 Å². The number of hydrogen-bond acceptors (Lipinski definition) is 2. The topological polar surface area (TPSA) is 38.0 Å². The van der Waals surface area contributed by atoms with Gasteiger partial charge in [0.05, 0.1) is 0 Å². The number of nitrogen functional groups attached to an aromatic ring is 1. The van der Waals surface area contributed by atoms with Crippen molar-refractivity contribution in [2.24, 2.45) is 0 Å². The zero-order valence-electron chi connectivity index (χ0n) is 10.9. The average molecular weight is 250 g/mol. The summed E-state index contributed by atoms with van der Waals surface area (Å²) >= 11 is 0. The molecule has 2 heteroatoms. The largest absolute Gasteiger partial charge is 0.399 e. The molecule has 2 aromatic rings. The van der Waals surface area contributed by atoms with Crippen LogP contribution in [-0.2, 0) is 13.0 Å². The van der Waals surface area contributed by atoms with Crippen LogP contribution in [-0.4, -0.2) is 6.04 Å². The number of anilines is 1. The van der Waals surface area contributed by atoms with Crippen LogP contribution in [0.5, 0.6) is 0 Å². The second-order valence-corrected chi connectivity index (χ2v) is 5.66. The van der Waals surface area contributed by atoms with Crippen molar-refractivity contribution in [1.29, 1.82) is 0 Å². The molecule has 0 fully saturated rings. The van der Waals surface area contributed by atoms with Crippen LogP contribution in [0.3, 0.4) is 0 Å². The van der Waals surface area contributed by atoms with Crippen molar-refractivity contribution >= 4 is 5.69 Å². The van der Waals surface area contributed by atoms with E-state index in [1.54, 1.807) is 0 Å². The molecule has 96 valence electrons. The van der Waals surface area contributed by atoms with Crippen LogP contribution in [0.15, 0.2) is 42.5 Å². The minimum absolute atomic E-state index is 0.470. The summed E-state index contributed by atoms with van der Waals surface area (Å²) in [4.78, 5) is 0. The van der Waals surface area contributed by atoms with Crippen LogP contribution >= 0.6 is 0 Å². The van der Waals surface area contributed by atoms with E-state index < -0.39 is 0 Å². The molecule has 1 aliphatic heterocycles. The highest BCUT2D eigenvalue weighted by atomic mass is 14.9. The number of aryl methyl sites for hydroxylation is 1. The number of benzene rings is 2. The van der Waals surface area contributed by atoms with Gasteiger partial charge in [-0.15, -0.1) is 0 Å². The van der Waals surface area contributed by atoms with Crippen molar-refractivity contribution in [2.75, 3.05) is 5.73 Å². The molecule has 1 aliphatic carbocycles. The van der Waals surface area contributed by atoms with Gasteiger partial charge in [0.1, 0.15) is 0 Å². The standard InChI is InChI=1S/C17H18N2/c18-13-7-5-11-6-8-16-17(15(11)9-13)14-4-2-1-3-12(14)10-19-16/h1-5,7,9,16-17,19H,6,8,10,18H2/t16-,17-/m1/s1. The molecule has 2 nitrogen and oxygen atoms in total. The number of nitrogens with two attached hydrogens (primary N) is 1. The summed E-state index contributed by atoms with van der Waals surface area (Å²) < 4.78 is 0. The predicted molar refractivity (Wildman–Crippen MR) is 78.1 cm³/mol. The number of rotatable bonds is 0. The van der Waals surface area contributed by atoms with E-state index in [-0.39, 0.29) is 0 Å². The fraction of sp³-hybridized carbons (Fsp3) is 0.294. The van der Waals surface area contributed by atoms with Gasteiger partial charge in [0.15, 0.2) is 0 Å². The van der Waals surface area contributed by atoms with Gasteiger partial charge in [-0.25, -0.2) is 0 Å². The predicted octanol–water partition coefficient (Wildman–Crippen LogP) is 2.82. The summed E-state index contributed by atoms with van der Waals surface area (Å²) in [7, 11) is 0. The van der Waals surface area contributed by atoms with Crippen molar-refractivity contribution < 1.29 is 0 Å². The maximum atomic E-state index is 6.00. The Labute approximate surface area is 113 Å². The van der Waals surface area contributed by atoms with Gasteiger partial charge in [0.25, 0.3) is 0 Å². The number of nitrogens with one attached hydrogen (secondary N) is 1. The average Bonchev–Trinajstić information content (AvgIpc) is 2.46. The third-order valence-corrected chi connectivity index (χ3v) is 4.58. The summed E-state index contributed by atoms with van der Waals surface area (Å²) in [5, 5.41) is 3.70. The van der Waals surface area contributed by atoms with Crippen molar-refractivity contribution in [1.82, 2.24) is 5.32 Å². The van der Waals surface area contributed by atoms with Gasteiger partial charge in [0, 0.05) is 24.2 Å². The lowest BCUT2D eigenvalue weighted by atomic mass is 9.72. The summed E-state index contributed by atoms with van der Waals surface area (Å²) in [5.41, 5.74) is 12.7. The van der Waals surface area contributed by atoms with Crippen LogP contribution in [0, 0.1) is 0 Å². The van der Waals surface area contributed by atoms with Gasteiger partial charge in [-0.05, 0) is 47.2 Å². The molecule has 2 aromatic carbocycles. The maximum Gasteiger partial charge on any atom is 0.0317 e. The fourth-order valence-corrected chi connectivity index (χ4v) is 3.67. The molecular formula is C17H18N2. The molecule has 0 saturated carbocycles. The smallest absolute Gasteiger partial charge is 0.0317 e. The zero-order valence-corrected chi connectivity index (χ0v) is 10.9. The fourth-order valence-electron chi connectivity index (χ4n) is 3.67. The van der Waals surface area contributed by atoms with Gasteiger partial charge >= 0.3 is 0 Å². The second-order valence-electron chi connectivity index (χ2n) is 5.66. The summed E-state index contributed by atoms with van der Waals surface area (Å²) in [6.45, 7) is 0.995. The minimum Gasteiger partial charge on any atom is -0.399 e. The maximum absolute atomic E-state index is 6.00. The van der Waals surface area contributed by atoms with Crippen LogP contribution in [0.1, 0.15) is 34.6 Å². The highest BCUT2D eigenvalue weighted by Gasteiger charge is 2.34. The Morgan fingerprint density at radius 1 is 1.00 bits per heavy atom. The molecule has 19 heavy (non-hydrogen) atoms.